The quantitative estimate of drug-likeness (QED) is 0.304. The van der Waals surface area contributed by atoms with Crippen LogP contribution in [0, 0.1) is 0 Å². The number of nitrogens with zero attached hydrogens (tertiary/aromatic N) is 1. The van der Waals surface area contributed by atoms with Gasteiger partial charge in [0.05, 0.1) is 0 Å². The third kappa shape index (κ3) is 1.45. The molecule has 1 saturated heterocycles. The van der Waals surface area contributed by atoms with Gasteiger partial charge in [-0.25, -0.2) is 10.6 Å². The van der Waals surface area contributed by atoms with E-state index in [-0.39, 0.29) is 11.6 Å². The lowest BCUT2D eigenvalue weighted by molar-refractivity contribution is 0.165. The molecule has 0 aromatic carbocycles. The van der Waals surface area contributed by atoms with E-state index in [9.17, 15) is 4.79 Å². The molecule has 0 atom stereocenters. The largest absolute Gasteiger partial charge is 0.331 e. The molecule has 1 heterocycles. The zero-order valence-corrected chi connectivity index (χ0v) is 7.05. The van der Waals surface area contributed by atoms with Crippen LogP contribution in [0.2, 0.25) is 0 Å². The second kappa shape index (κ2) is 2.70. The number of nitrogens with two attached hydrogens (primary N) is 1. The van der Waals surface area contributed by atoms with E-state index in [1.807, 2.05) is 0 Å². The predicted molar refractivity (Wildman–Crippen MR) is 42.7 cm³/mol. The van der Waals surface area contributed by atoms with Crippen molar-refractivity contribution in [2.45, 2.75) is 32.2 Å². The van der Waals surface area contributed by atoms with E-state index < -0.39 is 0 Å². The lowest BCUT2D eigenvalue weighted by Crippen LogP contribution is -2.50. The summed E-state index contributed by atoms with van der Waals surface area (Å²) in [6.07, 6.45) is 2.13. The summed E-state index contributed by atoms with van der Waals surface area (Å²) in [6, 6.07) is -0.174. The molecular weight excluding hydrogens is 142 g/mol. The van der Waals surface area contributed by atoms with Crippen molar-refractivity contribution < 1.29 is 4.79 Å². The first kappa shape index (κ1) is 8.33. The van der Waals surface area contributed by atoms with Crippen LogP contribution in [-0.4, -0.2) is 23.0 Å². The average molecular weight is 157 g/mol. The lowest BCUT2D eigenvalue weighted by atomic mass is 10.0. The summed E-state index contributed by atoms with van der Waals surface area (Å²) in [6.45, 7) is 4.92. The maximum absolute atomic E-state index is 11.1. The van der Waals surface area contributed by atoms with Crippen LogP contribution in [-0.2, 0) is 0 Å². The summed E-state index contributed by atoms with van der Waals surface area (Å²) in [7, 11) is 0. The normalized spacial score (nSPS) is 21.9. The minimum Gasteiger partial charge on any atom is -0.319 e. The molecule has 1 rings (SSSR count). The van der Waals surface area contributed by atoms with Crippen LogP contribution >= 0.6 is 0 Å². The first-order chi connectivity index (χ1) is 5.08. The van der Waals surface area contributed by atoms with Crippen LogP contribution < -0.4 is 11.3 Å². The zero-order valence-electron chi connectivity index (χ0n) is 7.05. The number of nitrogens with one attached hydrogen (secondary N) is 1. The van der Waals surface area contributed by atoms with Gasteiger partial charge in [0.15, 0.2) is 0 Å². The number of hydrogen-bond acceptors (Lipinski definition) is 2. The topological polar surface area (TPSA) is 58.4 Å². The summed E-state index contributed by atoms with van der Waals surface area (Å²) in [5.41, 5.74) is 2.13. The number of hydrogen-bond donors (Lipinski definition) is 2. The SMILES string of the molecule is CC1(C)CCCN1C(=O)NN. The number of likely N-dealkylation sites (tertiary alicyclic amines) is 1. The molecule has 64 valence electrons. The minimum atomic E-state index is -0.174. The molecule has 1 fully saturated rings. The molecule has 0 radical (unpaired) electrons. The number of amides is 2. The van der Waals surface area contributed by atoms with Crippen molar-refractivity contribution in [3.63, 3.8) is 0 Å². The molecule has 2 amide bonds. The van der Waals surface area contributed by atoms with Gasteiger partial charge < -0.3 is 4.90 Å². The number of carbonyl (C=O) groups excluding carboxylic acids is 1. The Labute approximate surface area is 66.7 Å². The van der Waals surface area contributed by atoms with Crippen molar-refractivity contribution in [2.75, 3.05) is 6.54 Å². The Morgan fingerprint density at radius 3 is 2.64 bits per heavy atom. The Kier molecular flexibility index (Phi) is 2.04. The fourth-order valence-electron chi connectivity index (χ4n) is 1.56. The van der Waals surface area contributed by atoms with Gasteiger partial charge in [0.25, 0.3) is 0 Å². The van der Waals surface area contributed by atoms with Gasteiger partial charge in [-0.3, -0.25) is 5.43 Å². The van der Waals surface area contributed by atoms with Crippen molar-refractivity contribution in [2.24, 2.45) is 5.84 Å². The average Bonchev–Trinajstić information content (AvgIpc) is 2.28. The highest BCUT2D eigenvalue weighted by molar-refractivity contribution is 5.74. The highest BCUT2D eigenvalue weighted by Crippen LogP contribution is 2.27. The standard InChI is InChI=1S/C7H15N3O/c1-7(2)4-3-5-10(7)6(11)9-8/h3-5,8H2,1-2H3,(H,9,11). The molecule has 0 aromatic heterocycles. The lowest BCUT2D eigenvalue weighted by Gasteiger charge is -2.30. The van der Waals surface area contributed by atoms with Crippen LogP contribution in [0.5, 0.6) is 0 Å². The molecular formula is C7H15N3O. The van der Waals surface area contributed by atoms with Gasteiger partial charge in [-0.2, -0.15) is 0 Å². The van der Waals surface area contributed by atoms with Gasteiger partial charge >= 0.3 is 6.03 Å². The van der Waals surface area contributed by atoms with Crippen LogP contribution in [0.15, 0.2) is 0 Å². The third-order valence-electron chi connectivity index (χ3n) is 2.27. The van der Waals surface area contributed by atoms with Gasteiger partial charge in [0.1, 0.15) is 0 Å². The maximum atomic E-state index is 11.1. The van der Waals surface area contributed by atoms with Crippen molar-refractivity contribution >= 4 is 6.03 Å². The second-order valence-corrected chi connectivity index (χ2v) is 3.52. The van der Waals surface area contributed by atoms with E-state index in [0.29, 0.717) is 0 Å². The van der Waals surface area contributed by atoms with Crippen LogP contribution in [0.4, 0.5) is 4.79 Å². The molecule has 0 saturated carbocycles. The first-order valence-electron chi connectivity index (χ1n) is 3.86. The van der Waals surface area contributed by atoms with E-state index in [1.54, 1.807) is 4.90 Å². The molecule has 1 aliphatic rings. The molecule has 1 aliphatic heterocycles. The monoisotopic (exact) mass is 157 g/mol. The van der Waals surface area contributed by atoms with E-state index in [2.05, 4.69) is 19.3 Å². The van der Waals surface area contributed by atoms with E-state index in [4.69, 9.17) is 5.84 Å². The Balaban J connectivity index is 2.64. The van der Waals surface area contributed by atoms with Crippen LogP contribution in [0.3, 0.4) is 0 Å². The van der Waals surface area contributed by atoms with Gasteiger partial charge in [-0.15, -0.1) is 0 Å². The molecule has 0 aliphatic carbocycles. The molecule has 4 heteroatoms. The molecule has 0 aromatic rings. The smallest absolute Gasteiger partial charge is 0.319 e. The summed E-state index contributed by atoms with van der Waals surface area (Å²) in [4.78, 5) is 12.9. The number of carbonyl (C=O) groups is 1. The Morgan fingerprint density at radius 2 is 2.27 bits per heavy atom. The fourth-order valence-corrected chi connectivity index (χ4v) is 1.56. The van der Waals surface area contributed by atoms with Crippen molar-refractivity contribution in [1.29, 1.82) is 0 Å². The molecule has 4 nitrogen and oxygen atoms in total. The Morgan fingerprint density at radius 1 is 1.64 bits per heavy atom. The highest BCUT2D eigenvalue weighted by Gasteiger charge is 2.34. The van der Waals surface area contributed by atoms with Crippen molar-refractivity contribution in [3.05, 3.63) is 0 Å². The highest BCUT2D eigenvalue weighted by atomic mass is 16.2. The number of rotatable bonds is 0. The summed E-state index contributed by atoms with van der Waals surface area (Å²) in [5, 5.41) is 0. The van der Waals surface area contributed by atoms with Crippen molar-refractivity contribution in [3.8, 4) is 0 Å². The second-order valence-electron chi connectivity index (χ2n) is 3.52. The van der Waals surface area contributed by atoms with Gasteiger partial charge in [-0.05, 0) is 26.7 Å². The van der Waals surface area contributed by atoms with E-state index in [1.165, 1.54) is 0 Å². The number of urea groups is 1. The number of hydrazine groups is 1. The van der Waals surface area contributed by atoms with Gasteiger partial charge in [0, 0.05) is 12.1 Å². The summed E-state index contributed by atoms with van der Waals surface area (Å²) in [5.74, 6) is 5.03. The van der Waals surface area contributed by atoms with Crippen LogP contribution in [0.25, 0.3) is 0 Å². The van der Waals surface area contributed by atoms with E-state index >= 15 is 0 Å². The molecule has 0 bridgehead atoms. The molecule has 0 unspecified atom stereocenters. The molecule has 3 N–H and O–H groups in total. The summed E-state index contributed by atoms with van der Waals surface area (Å²) >= 11 is 0. The third-order valence-corrected chi connectivity index (χ3v) is 2.27. The van der Waals surface area contributed by atoms with Crippen LogP contribution in [0.1, 0.15) is 26.7 Å². The molecule has 0 spiro atoms. The summed E-state index contributed by atoms with van der Waals surface area (Å²) < 4.78 is 0. The fraction of sp³-hybridized carbons (Fsp3) is 0.857. The van der Waals surface area contributed by atoms with Gasteiger partial charge in [0.2, 0.25) is 0 Å². The Bertz CT molecular complexity index is 167. The van der Waals surface area contributed by atoms with Gasteiger partial charge in [-0.1, -0.05) is 0 Å². The predicted octanol–water partition coefficient (Wildman–Crippen LogP) is 0.444. The minimum absolute atomic E-state index is 0.0244. The zero-order chi connectivity index (χ0) is 8.48. The van der Waals surface area contributed by atoms with Crippen molar-refractivity contribution in [1.82, 2.24) is 10.3 Å². The first-order valence-corrected chi connectivity index (χ1v) is 3.86. The Hall–Kier alpha value is -0.770. The van der Waals surface area contributed by atoms with E-state index in [0.717, 1.165) is 19.4 Å². The maximum Gasteiger partial charge on any atom is 0.331 e. The molecule has 11 heavy (non-hydrogen) atoms.